The molecule has 136 valence electrons. The van der Waals surface area contributed by atoms with Crippen molar-refractivity contribution in [2.24, 2.45) is 14.1 Å². The number of rotatable bonds is 5. The number of hydrogen-bond acceptors (Lipinski definition) is 6. The fraction of sp³-hybridized carbons (Fsp3) is 0.500. The summed E-state index contributed by atoms with van der Waals surface area (Å²) in [5, 5.41) is 3.13. The van der Waals surface area contributed by atoms with Gasteiger partial charge >= 0.3 is 0 Å². The van der Waals surface area contributed by atoms with Gasteiger partial charge in [0, 0.05) is 52.3 Å². The molecule has 11 heteroatoms. The Labute approximate surface area is 145 Å². The van der Waals surface area contributed by atoms with Crippen LogP contribution in [0.2, 0.25) is 0 Å². The lowest BCUT2D eigenvalue weighted by Gasteiger charge is -2.35. The number of amides is 1. The highest BCUT2D eigenvalue weighted by Crippen LogP contribution is 2.20. The first kappa shape index (κ1) is 17.6. The number of sulfonamides is 1. The summed E-state index contributed by atoms with van der Waals surface area (Å²) in [5.74, 6) is 0.460. The average molecular weight is 367 g/mol. The Morgan fingerprint density at radius 1 is 1.40 bits per heavy atom. The van der Waals surface area contributed by atoms with Crippen molar-refractivity contribution in [2.75, 3.05) is 26.2 Å². The van der Waals surface area contributed by atoms with E-state index in [0.717, 1.165) is 5.82 Å². The zero-order chi connectivity index (χ0) is 18.0. The Hall–Kier alpha value is -2.24. The number of aryl methyl sites for hydroxylation is 2. The number of hydrogen-bond donors (Lipinski definition) is 2. The van der Waals surface area contributed by atoms with Crippen molar-refractivity contribution >= 4 is 15.9 Å². The van der Waals surface area contributed by atoms with E-state index in [1.54, 1.807) is 18.1 Å². The molecule has 0 spiro atoms. The molecular weight excluding hydrogens is 346 g/mol. The molecule has 1 unspecified atom stereocenters. The molecular formula is C14H21N7O3S. The quantitative estimate of drug-likeness (QED) is 0.672. The van der Waals surface area contributed by atoms with E-state index >= 15 is 0 Å². The number of nitrogens with one attached hydrogen (secondary N) is 2. The fourth-order valence-electron chi connectivity index (χ4n) is 2.79. The topological polar surface area (TPSA) is 114 Å². The van der Waals surface area contributed by atoms with Crippen LogP contribution in [-0.4, -0.2) is 64.5 Å². The molecule has 1 fully saturated rings. The van der Waals surface area contributed by atoms with Gasteiger partial charge in [0.15, 0.2) is 5.03 Å². The normalized spacial score (nSPS) is 18.5. The minimum atomic E-state index is -3.82. The first-order valence-electron chi connectivity index (χ1n) is 7.83. The number of imidazole rings is 2. The summed E-state index contributed by atoms with van der Waals surface area (Å²) in [6.07, 6.45) is 6.27. The summed E-state index contributed by atoms with van der Waals surface area (Å²) in [4.78, 5) is 22.4. The molecule has 2 aromatic heterocycles. The number of nitrogens with zero attached hydrogens (tertiary/aromatic N) is 5. The third-order valence-electron chi connectivity index (χ3n) is 4.09. The molecule has 0 aromatic carbocycles. The Kier molecular flexibility index (Phi) is 4.88. The van der Waals surface area contributed by atoms with Gasteiger partial charge in [0.25, 0.3) is 10.0 Å². The molecule has 1 saturated heterocycles. The van der Waals surface area contributed by atoms with Crippen LogP contribution in [0.15, 0.2) is 29.9 Å². The van der Waals surface area contributed by atoms with Crippen LogP contribution in [0, 0.1) is 0 Å². The second-order valence-electron chi connectivity index (χ2n) is 5.91. The first-order chi connectivity index (χ1) is 11.9. The number of carbonyl (C=O) groups excluding carboxylic acids is 1. The first-order valence-corrected chi connectivity index (χ1v) is 9.32. The van der Waals surface area contributed by atoms with E-state index in [1.165, 1.54) is 17.1 Å². The molecule has 0 bridgehead atoms. The van der Waals surface area contributed by atoms with Gasteiger partial charge in [-0.25, -0.2) is 23.1 Å². The summed E-state index contributed by atoms with van der Waals surface area (Å²) >= 11 is 0. The van der Waals surface area contributed by atoms with Gasteiger partial charge in [-0.15, -0.1) is 0 Å². The van der Waals surface area contributed by atoms with E-state index in [9.17, 15) is 13.2 Å². The highest BCUT2D eigenvalue weighted by atomic mass is 32.2. The van der Waals surface area contributed by atoms with E-state index < -0.39 is 10.0 Å². The SMILES string of the molecule is Cn1cnc(S(=O)(=O)NCC(=O)N2CCNCC2c2nccn2C)c1. The van der Waals surface area contributed by atoms with Crippen molar-refractivity contribution in [3.8, 4) is 0 Å². The Morgan fingerprint density at radius 2 is 2.20 bits per heavy atom. The van der Waals surface area contributed by atoms with Crippen LogP contribution >= 0.6 is 0 Å². The predicted octanol–water partition coefficient (Wildman–Crippen LogP) is -1.39. The second kappa shape index (κ2) is 6.94. The lowest BCUT2D eigenvalue weighted by atomic mass is 10.1. The Morgan fingerprint density at radius 3 is 2.84 bits per heavy atom. The summed E-state index contributed by atoms with van der Waals surface area (Å²) in [5.41, 5.74) is 0. The van der Waals surface area contributed by atoms with Crippen molar-refractivity contribution in [2.45, 2.75) is 11.1 Å². The van der Waals surface area contributed by atoms with E-state index in [4.69, 9.17) is 0 Å². The summed E-state index contributed by atoms with van der Waals surface area (Å²) < 4.78 is 30.1. The molecule has 1 amide bonds. The summed E-state index contributed by atoms with van der Waals surface area (Å²) in [6.45, 7) is 1.39. The molecule has 3 rings (SSSR count). The van der Waals surface area contributed by atoms with Crippen LogP contribution < -0.4 is 10.0 Å². The van der Waals surface area contributed by atoms with Crippen LogP contribution in [-0.2, 0) is 28.9 Å². The largest absolute Gasteiger partial charge is 0.339 e. The minimum absolute atomic E-state index is 0.108. The number of carbonyl (C=O) groups is 1. The van der Waals surface area contributed by atoms with Gasteiger partial charge in [0.05, 0.1) is 12.9 Å². The van der Waals surface area contributed by atoms with Crippen molar-refractivity contribution in [3.05, 3.63) is 30.7 Å². The molecule has 2 aromatic rings. The van der Waals surface area contributed by atoms with Crippen LogP contribution in [0.3, 0.4) is 0 Å². The lowest BCUT2D eigenvalue weighted by molar-refractivity contribution is -0.133. The molecule has 1 atom stereocenters. The molecule has 2 N–H and O–H groups in total. The van der Waals surface area contributed by atoms with Crippen molar-refractivity contribution in [3.63, 3.8) is 0 Å². The molecule has 10 nitrogen and oxygen atoms in total. The van der Waals surface area contributed by atoms with E-state index in [1.807, 2.05) is 17.8 Å². The minimum Gasteiger partial charge on any atom is -0.339 e. The van der Waals surface area contributed by atoms with Crippen molar-refractivity contribution in [1.82, 2.24) is 34.0 Å². The number of piperazine rings is 1. The summed E-state index contributed by atoms with van der Waals surface area (Å²) in [7, 11) is -0.278. The lowest BCUT2D eigenvalue weighted by Crippen LogP contribution is -2.52. The van der Waals surface area contributed by atoms with Crippen molar-refractivity contribution < 1.29 is 13.2 Å². The maximum Gasteiger partial charge on any atom is 0.260 e. The van der Waals surface area contributed by atoms with Gasteiger partial charge < -0.3 is 19.4 Å². The third kappa shape index (κ3) is 3.72. The molecule has 1 aliphatic heterocycles. The zero-order valence-corrected chi connectivity index (χ0v) is 14.9. The van der Waals surface area contributed by atoms with Gasteiger partial charge in [0.2, 0.25) is 5.91 Å². The highest BCUT2D eigenvalue weighted by molar-refractivity contribution is 7.89. The average Bonchev–Trinajstić information content (AvgIpc) is 3.21. The molecule has 0 aliphatic carbocycles. The van der Waals surface area contributed by atoms with E-state index in [0.29, 0.717) is 19.6 Å². The van der Waals surface area contributed by atoms with Crippen molar-refractivity contribution in [1.29, 1.82) is 0 Å². The van der Waals surface area contributed by atoms with Gasteiger partial charge in [-0.05, 0) is 0 Å². The summed E-state index contributed by atoms with van der Waals surface area (Å²) in [6, 6.07) is -0.236. The third-order valence-corrected chi connectivity index (χ3v) is 5.38. The van der Waals surface area contributed by atoms with Crippen LogP contribution in [0.5, 0.6) is 0 Å². The predicted molar refractivity (Wildman–Crippen MR) is 88.9 cm³/mol. The highest BCUT2D eigenvalue weighted by Gasteiger charge is 2.31. The fourth-order valence-corrected chi connectivity index (χ4v) is 3.74. The van der Waals surface area contributed by atoms with Gasteiger partial charge in [-0.3, -0.25) is 4.79 Å². The maximum absolute atomic E-state index is 12.6. The molecule has 0 radical (unpaired) electrons. The monoisotopic (exact) mass is 367 g/mol. The number of aromatic nitrogens is 4. The van der Waals surface area contributed by atoms with E-state index in [2.05, 4.69) is 20.0 Å². The maximum atomic E-state index is 12.6. The van der Waals surface area contributed by atoms with Gasteiger partial charge in [-0.1, -0.05) is 0 Å². The molecule has 25 heavy (non-hydrogen) atoms. The Balaban J connectivity index is 1.70. The molecule has 1 aliphatic rings. The second-order valence-corrected chi connectivity index (χ2v) is 7.62. The Bertz CT molecular complexity index is 857. The molecule has 0 saturated carbocycles. The van der Waals surface area contributed by atoms with Gasteiger partial charge in [0.1, 0.15) is 11.9 Å². The van der Waals surface area contributed by atoms with E-state index in [-0.39, 0.29) is 23.5 Å². The standard InChI is InChI=1S/C14H21N7O3S/c1-19-9-12(17-10-19)25(23,24)18-8-13(22)21-6-3-15-7-11(21)14-16-4-5-20(14)2/h4-5,9-11,15,18H,3,6-8H2,1-2H3. The zero-order valence-electron chi connectivity index (χ0n) is 14.1. The van der Waals surface area contributed by atoms with Crippen LogP contribution in [0.1, 0.15) is 11.9 Å². The molecule has 3 heterocycles. The van der Waals surface area contributed by atoms with Crippen LogP contribution in [0.4, 0.5) is 0 Å². The smallest absolute Gasteiger partial charge is 0.260 e. The van der Waals surface area contributed by atoms with Crippen LogP contribution in [0.25, 0.3) is 0 Å². The van der Waals surface area contributed by atoms with Gasteiger partial charge in [-0.2, -0.15) is 0 Å².